The number of hydrogen-bond acceptors (Lipinski definition) is 9. The van der Waals surface area contributed by atoms with Gasteiger partial charge in [0.2, 0.25) is 0 Å². The Morgan fingerprint density at radius 1 is 1.02 bits per heavy atom. The van der Waals surface area contributed by atoms with E-state index >= 15 is 0 Å². The van der Waals surface area contributed by atoms with Crippen molar-refractivity contribution in [1.29, 1.82) is 0 Å². The van der Waals surface area contributed by atoms with Gasteiger partial charge in [-0.2, -0.15) is 0 Å². The van der Waals surface area contributed by atoms with E-state index in [0.29, 0.717) is 33.0 Å². The highest BCUT2D eigenvalue weighted by Gasteiger charge is 2.34. The van der Waals surface area contributed by atoms with Gasteiger partial charge in [0.25, 0.3) is 5.56 Å². The van der Waals surface area contributed by atoms with Crippen molar-refractivity contribution in [2.75, 3.05) is 13.7 Å². The third kappa shape index (κ3) is 7.24. The Morgan fingerprint density at radius 3 is 2.42 bits per heavy atom. The molecule has 0 N–H and O–H groups in total. The van der Waals surface area contributed by atoms with E-state index < -0.39 is 18.0 Å². The molecule has 10 heteroatoms. The molecule has 4 aromatic rings. The van der Waals surface area contributed by atoms with Crippen LogP contribution in [0.15, 0.2) is 93.9 Å². The van der Waals surface area contributed by atoms with Gasteiger partial charge in [0.1, 0.15) is 12.4 Å². The minimum Gasteiger partial charge on any atom is -0.493 e. The summed E-state index contributed by atoms with van der Waals surface area (Å²) in [7, 11) is 1.45. The van der Waals surface area contributed by atoms with Crippen molar-refractivity contribution in [2.24, 2.45) is 10.9 Å². The van der Waals surface area contributed by atoms with Crippen molar-refractivity contribution in [3.05, 3.63) is 120 Å². The molecule has 9 nitrogen and oxygen atoms in total. The summed E-state index contributed by atoms with van der Waals surface area (Å²) in [6, 6.07) is 21.5. The highest BCUT2D eigenvalue weighted by atomic mass is 32.1. The fourth-order valence-corrected chi connectivity index (χ4v) is 5.91. The van der Waals surface area contributed by atoms with Gasteiger partial charge in [-0.1, -0.05) is 73.7 Å². The number of benzene rings is 3. The van der Waals surface area contributed by atoms with E-state index in [-0.39, 0.29) is 35.2 Å². The Bertz CT molecular complexity index is 1920. The molecule has 1 aliphatic heterocycles. The Kier molecular flexibility index (Phi) is 9.63. The van der Waals surface area contributed by atoms with Crippen LogP contribution in [0.3, 0.4) is 0 Å². The van der Waals surface area contributed by atoms with Crippen LogP contribution >= 0.6 is 11.3 Å². The minimum absolute atomic E-state index is 0.118. The molecule has 0 radical (unpaired) electrons. The molecule has 2 heterocycles. The molecule has 0 saturated carbocycles. The van der Waals surface area contributed by atoms with Crippen molar-refractivity contribution < 1.29 is 28.5 Å². The Morgan fingerprint density at radius 2 is 1.76 bits per heavy atom. The molecule has 0 unspecified atom stereocenters. The van der Waals surface area contributed by atoms with E-state index in [4.69, 9.17) is 18.9 Å². The van der Waals surface area contributed by atoms with Gasteiger partial charge < -0.3 is 18.9 Å². The van der Waals surface area contributed by atoms with Crippen molar-refractivity contribution >= 4 is 29.4 Å². The number of thiazole rings is 1. The molecule has 1 aromatic heterocycles. The van der Waals surface area contributed by atoms with Crippen LogP contribution in [0.2, 0.25) is 0 Å². The standard InChI is InChI=1S/C35H34N2O7S/c1-21(2)19-43-34(40)31-22(3)36-35-37(32(31)26-13-16-28(44-23(4)38)29(18-26)41-5)33(39)30(45-35)17-24-11-14-27(15-12-24)42-20-25-9-7-6-8-10-25/h6-18,21,32H,19-20H2,1-5H3/b30-17-/t32-/m0/s1. The molecule has 3 aromatic carbocycles. The number of nitrogens with zero attached hydrogens (tertiary/aromatic N) is 2. The van der Waals surface area contributed by atoms with Crippen molar-refractivity contribution in [1.82, 2.24) is 4.57 Å². The molecule has 0 amide bonds. The molecule has 5 rings (SSSR count). The Labute approximate surface area is 264 Å². The second-order valence-corrected chi connectivity index (χ2v) is 11.9. The predicted molar refractivity (Wildman–Crippen MR) is 171 cm³/mol. The maximum atomic E-state index is 14.0. The van der Waals surface area contributed by atoms with Crippen LogP contribution < -0.4 is 29.1 Å². The predicted octanol–water partition coefficient (Wildman–Crippen LogP) is 4.95. The Hall–Kier alpha value is -4.96. The lowest BCUT2D eigenvalue weighted by molar-refractivity contribution is -0.140. The van der Waals surface area contributed by atoms with Gasteiger partial charge in [0.05, 0.1) is 35.6 Å². The summed E-state index contributed by atoms with van der Waals surface area (Å²) in [5.41, 5.74) is 2.84. The lowest BCUT2D eigenvalue weighted by atomic mass is 9.95. The zero-order chi connectivity index (χ0) is 32.1. The van der Waals surface area contributed by atoms with E-state index in [1.54, 1.807) is 31.2 Å². The van der Waals surface area contributed by atoms with Gasteiger partial charge in [-0.05, 0) is 59.9 Å². The number of rotatable bonds is 10. The minimum atomic E-state index is -0.850. The van der Waals surface area contributed by atoms with Crippen molar-refractivity contribution in [2.45, 2.75) is 40.3 Å². The summed E-state index contributed by atoms with van der Waals surface area (Å²) in [6.07, 6.45) is 1.79. The second-order valence-electron chi connectivity index (χ2n) is 10.9. The maximum Gasteiger partial charge on any atom is 0.338 e. The molecule has 0 spiro atoms. The number of carbonyl (C=O) groups excluding carboxylic acids is 2. The summed E-state index contributed by atoms with van der Waals surface area (Å²) < 4.78 is 24.3. The van der Waals surface area contributed by atoms with E-state index in [9.17, 15) is 14.4 Å². The zero-order valence-electron chi connectivity index (χ0n) is 25.7. The SMILES string of the molecule is COc1cc([C@H]2C(C(=O)OCC(C)C)=C(C)N=c3s/c(=C\c4ccc(OCc5ccccc5)cc4)c(=O)n32)ccc1OC(C)=O. The maximum absolute atomic E-state index is 14.0. The van der Waals surface area contributed by atoms with E-state index in [1.807, 2.05) is 68.4 Å². The molecular weight excluding hydrogens is 592 g/mol. The van der Waals surface area contributed by atoms with Crippen molar-refractivity contribution in [3.8, 4) is 17.2 Å². The fraction of sp³-hybridized carbons (Fsp3) is 0.257. The van der Waals surface area contributed by atoms with E-state index in [2.05, 4.69) is 4.99 Å². The van der Waals surface area contributed by atoms with E-state index in [0.717, 1.165) is 11.1 Å². The number of carbonyl (C=O) groups is 2. The van der Waals surface area contributed by atoms with E-state index in [1.165, 1.54) is 29.9 Å². The molecule has 0 saturated heterocycles. The Balaban J connectivity index is 1.54. The zero-order valence-corrected chi connectivity index (χ0v) is 26.6. The molecule has 1 atom stereocenters. The largest absolute Gasteiger partial charge is 0.493 e. The quantitative estimate of drug-likeness (QED) is 0.181. The van der Waals surface area contributed by atoms with Gasteiger partial charge in [-0.25, -0.2) is 9.79 Å². The molecule has 1 aliphatic rings. The molecular formula is C35H34N2O7S. The molecule has 232 valence electrons. The average molecular weight is 627 g/mol. The molecule has 45 heavy (non-hydrogen) atoms. The van der Waals surface area contributed by atoms with Gasteiger partial charge >= 0.3 is 11.9 Å². The highest BCUT2D eigenvalue weighted by Crippen LogP contribution is 2.36. The summed E-state index contributed by atoms with van der Waals surface area (Å²) >= 11 is 1.23. The van der Waals surface area contributed by atoms with Crippen LogP contribution in [0, 0.1) is 5.92 Å². The number of aromatic nitrogens is 1. The summed E-state index contributed by atoms with van der Waals surface area (Å²) in [5, 5.41) is 0. The van der Waals surface area contributed by atoms with Crippen LogP contribution in [-0.4, -0.2) is 30.2 Å². The van der Waals surface area contributed by atoms with Crippen LogP contribution in [-0.2, 0) is 20.9 Å². The number of hydrogen-bond donors (Lipinski definition) is 0. The summed E-state index contributed by atoms with van der Waals surface area (Å²) in [6.45, 7) is 7.59. The first-order valence-electron chi connectivity index (χ1n) is 14.5. The van der Waals surface area contributed by atoms with Crippen LogP contribution in [0.4, 0.5) is 0 Å². The number of ether oxygens (including phenoxy) is 4. The third-order valence-corrected chi connectivity index (χ3v) is 7.96. The van der Waals surface area contributed by atoms with Gasteiger partial charge in [0.15, 0.2) is 16.3 Å². The van der Waals surface area contributed by atoms with Crippen LogP contribution in [0.1, 0.15) is 50.4 Å². The third-order valence-electron chi connectivity index (χ3n) is 6.97. The monoisotopic (exact) mass is 626 g/mol. The highest BCUT2D eigenvalue weighted by molar-refractivity contribution is 7.07. The first kappa shape index (κ1) is 31.5. The molecule has 0 fully saturated rings. The van der Waals surface area contributed by atoms with Gasteiger partial charge in [-0.3, -0.25) is 14.2 Å². The number of methoxy groups -OCH3 is 1. The van der Waals surface area contributed by atoms with Crippen molar-refractivity contribution in [3.63, 3.8) is 0 Å². The fourth-order valence-electron chi connectivity index (χ4n) is 4.86. The smallest absolute Gasteiger partial charge is 0.338 e. The molecule has 0 bridgehead atoms. The lowest BCUT2D eigenvalue weighted by Crippen LogP contribution is -2.40. The normalized spacial score (nSPS) is 14.5. The van der Waals surface area contributed by atoms with Gasteiger partial charge in [0, 0.05) is 6.92 Å². The molecule has 0 aliphatic carbocycles. The van der Waals surface area contributed by atoms with Crippen LogP contribution in [0.5, 0.6) is 17.2 Å². The average Bonchev–Trinajstić information content (AvgIpc) is 3.33. The number of allylic oxidation sites excluding steroid dienone is 1. The lowest BCUT2D eigenvalue weighted by Gasteiger charge is -2.25. The summed E-state index contributed by atoms with van der Waals surface area (Å²) in [5.74, 6) is 0.277. The first-order valence-corrected chi connectivity index (χ1v) is 15.3. The summed E-state index contributed by atoms with van der Waals surface area (Å²) in [4.78, 5) is 44.2. The second kappa shape index (κ2) is 13.8. The topological polar surface area (TPSA) is 105 Å². The number of fused-ring (bicyclic) bond motifs is 1. The number of esters is 2. The first-order chi connectivity index (χ1) is 21.6. The van der Waals surface area contributed by atoms with Gasteiger partial charge in [-0.15, -0.1) is 0 Å². The van der Waals surface area contributed by atoms with Crippen LogP contribution in [0.25, 0.3) is 6.08 Å².